The van der Waals surface area contributed by atoms with Crippen molar-refractivity contribution >= 4 is 0 Å². The molecule has 0 saturated carbocycles. The summed E-state index contributed by atoms with van der Waals surface area (Å²) in [6, 6.07) is 0.769. The van der Waals surface area contributed by atoms with Crippen molar-refractivity contribution in [2.24, 2.45) is 0 Å². The van der Waals surface area contributed by atoms with E-state index in [0.29, 0.717) is 0 Å². The Morgan fingerprint density at radius 3 is 1.50 bits per heavy atom. The summed E-state index contributed by atoms with van der Waals surface area (Å²) in [5.74, 6) is 0. The van der Waals surface area contributed by atoms with E-state index < -0.39 is 0 Å². The summed E-state index contributed by atoms with van der Waals surface area (Å²) in [5, 5.41) is 0. The van der Waals surface area contributed by atoms with E-state index in [9.17, 15) is 0 Å². The highest BCUT2D eigenvalue weighted by molar-refractivity contribution is 4.67. The number of nitrogens with zero attached hydrogens (tertiary/aromatic N) is 3. The van der Waals surface area contributed by atoms with Crippen LogP contribution in [0.4, 0.5) is 0 Å². The van der Waals surface area contributed by atoms with E-state index in [1.807, 2.05) is 27.7 Å². The van der Waals surface area contributed by atoms with Gasteiger partial charge < -0.3 is 14.7 Å². The number of hydrogen-bond donors (Lipinski definition) is 0. The molecule has 2 heterocycles. The lowest BCUT2D eigenvalue weighted by atomic mass is 10.1. The van der Waals surface area contributed by atoms with E-state index in [2.05, 4.69) is 42.5 Å². The average molecular weight is 316 g/mol. The Hall–Kier alpha value is -0.120. The highest BCUT2D eigenvalue weighted by atomic mass is 15.2. The molecule has 0 bridgehead atoms. The molecule has 2 aliphatic heterocycles. The van der Waals surface area contributed by atoms with Gasteiger partial charge in [-0.1, -0.05) is 41.0 Å². The minimum Gasteiger partial charge on any atom is -0.304 e. The fourth-order valence-electron chi connectivity index (χ4n) is 2.60. The van der Waals surface area contributed by atoms with Crippen molar-refractivity contribution < 1.29 is 0 Å². The maximum Gasteiger partial charge on any atom is 0.0110 e. The van der Waals surface area contributed by atoms with E-state index >= 15 is 0 Å². The normalized spacial score (nSPS) is 20.0. The summed E-state index contributed by atoms with van der Waals surface area (Å²) in [6.45, 7) is 23.7. The maximum absolute atomic E-state index is 2.56. The molecule has 0 atom stereocenters. The number of likely N-dealkylation sites (tertiary alicyclic amines) is 1. The van der Waals surface area contributed by atoms with Gasteiger partial charge in [-0.3, -0.25) is 0 Å². The minimum absolute atomic E-state index is 0.769. The van der Waals surface area contributed by atoms with Gasteiger partial charge in [0.15, 0.2) is 0 Å². The fourth-order valence-corrected chi connectivity index (χ4v) is 2.60. The van der Waals surface area contributed by atoms with Crippen LogP contribution in [0.3, 0.4) is 0 Å². The molecule has 136 valence electrons. The van der Waals surface area contributed by atoms with Gasteiger partial charge in [0.05, 0.1) is 0 Å². The third-order valence-electron chi connectivity index (χ3n) is 4.16. The van der Waals surface area contributed by atoms with Crippen LogP contribution in [-0.4, -0.2) is 73.6 Å². The number of piperidine rings is 1. The first-order valence-corrected chi connectivity index (χ1v) is 9.78. The Balaban J connectivity index is 0. The van der Waals surface area contributed by atoms with Gasteiger partial charge in [-0.25, -0.2) is 0 Å². The standard InChI is InChI=1S/C8H17N.C7H16N2.2C2H6/c1-8(2)9-6-4-3-5-7-9;1-3-9-6-4-8(2)5-7-9;2*1-2/h8H,3-7H2,1-2H3;3-7H2,1-2H3;2*1-2H3. The van der Waals surface area contributed by atoms with Gasteiger partial charge in [-0.15, -0.1) is 0 Å². The minimum atomic E-state index is 0.769. The van der Waals surface area contributed by atoms with Crippen molar-refractivity contribution in [3.63, 3.8) is 0 Å². The van der Waals surface area contributed by atoms with Gasteiger partial charge in [0, 0.05) is 32.2 Å². The molecule has 0 unspecified atom stereocenters. The molecule has 0 aromatic carbocycles. The Labute approximate surface area is 142 Å². The first-order chi connectivity index (χ1) is 10.6. The van der Waals surface area contributed by atoms with E-state index in [0.717, 1.165) is 6.04 Å². The molecule has 0 aromatic heterocycles. The molecule has 22 heavy (non-hydrogen) atoms. The lowest BCUT2D eigenvalue weighted by molar-refractivity contribution is 0.160. The van der Waals surface area contributed by atoms with Crippen LogP contribution in [0.2, 0.25) is 0 Å². The van der Waals surface area contributed by atoms with Crippen LogP contribution >= 0.6 is 0 Å². The second kappa shape index (κ2) is 17.2. The third-order valence-corrected chi connectivity index (χ3v) is 4.16. The molecule has 0 amide bonds. The van der Waals surface area contributed by atoms with Crippen molar-refractivity contribution in [1.29, 1.82) is 0 Å². The monoisotopic (exact) mass is 315 g/mol. The largest absolute Gasteiger partial charge is 0.304 e. The molecule has 0 radical (unpaired) electrons. The first kappa shape index (κ1) is 24.1. The average Bonchev–Trinajstić information content (AvgIpc) is 2.60. The van der Waals surface area contributed by atoms with Crippen LogP contribution < -0.4 is 0 Å². The van der Waals surface area contributed by atoms with Crippen molar-refractivity contribution in [1.82, 2.24) is 14.7 Å². The van der Waals surface area contributed by atoms with Crippen molar-refractivity contribution in [3.8, 4) is 0 Å². The SMILES string of the molecule is CC.CC.CC(C)N1CCCCC1.CCN1CCN(C)CC1. The summed E-state index contributed by atoms with van der Waals surface area (Å²) < 4.78 is 0. The molecule has 0 aliphatic carbocycles. The maximum atomic E-state index is 2.56. The van der Waals surface area contributed by atoms with E-state index in [1.165, 1.54) is 65.1 Å². The number of hydrogen-bond acceptors (Lipinski definition) is 3. The van der Waals surface area contributed by atoms with Crippen LogP contribution in [0.15, 0.2) is 0 Å². The second-order valence-corrected chi connectivity index (χ2v) is 5.93. The molecule has 2 aliphatic rings. The van der Waals surface area contributed by atoms with E-state index in [1.54, 1.807) is 0 Å². The summed E-state index contributed by atoms with van der Waals surface area (Å²) in [4.78, 5) is 7.43. The molecular weight excluding hydrogens is 270 g/mol. The number of rotatable bonds is 2. The molecule has 3 heteroatoms. The molecule has 0 spiro atoms. The van der Waals surface area contributed by atoms with Crippen LogP contribution in [-0.2, 0) is 0 Å². The second-order valence-electron chi connectivity index (χ2n) is 5.93. The zero-order valence-electron chi connectivity index (χ0n) is 17.0. The highest BCUT2D eigenvalue weighted by Crippen LogP contribution is 2.10. The summed E-state index contributed by atoms with van der Waals surface area (Å²) in [7, 11) is 2.19. The Morgan fingerprint density at radius 2 is 1.18 bits per heavy atom. The van der Waals surface area contributed by atoms with Gasteiger partial charge in [0.2, 0.25) is 0 Å². The third kappa shape index (κ3) is 12.4. The molecular formula is C19H45N3. The predicted octanol–water partition coefficient (Wildman–Crippen LogP) is 4.19. The van der Waals surface area contributed by atoms with Crippen molar-refractivity contribution in [2.45, 2.75) is 73.8 Å². The van der Waals surface area contributed by atoms with Crippen LogP contribution in [0.25, 0.3) is 0 Å². The summed E-state index contributed by atoms with van der Waals surface area (Å²) in [5.41, 5.74) is 0. The molecule has 3 nitrogen and oxygen atoms in total. The van der Waals surface area contributed by atoms with E-state index in [-0.39, 0.29) is 0 Å². The topological polar surface area (TPSA) is 9.72 Å². The smallest absolute Gasteiger partial charge is 0.0110 e. The first-order valence-electron chi connectivity index (χ1n) is 9.78. The molecule has 2 rings (SSSR count). The van der Waals surface area contributed by atoms with Gasteiger partial charge in [-0.05, 0) is 53.4 Å². The molecule has 0 N–H and O–H groups in total. The number of piperazine rings is 1. The van der Waals surface area contributed by atoms with Crippen molar-refractivity contribution in [3.05, 3.63) is 0 Å². The Bertz CT molecular complexity index is 193. The van der Waals surface area contributed by atoms with Crippen molar-refractivity contribution in [2.75, 3.05) is 52.9 Å². The van der Waals surface area contributed by atoms with Gasteiger partial charge in [0.25, 0.3) is 0 Å². The molecule has 0 aromatic rings. The lowest BCUT2D eigenvalue weighted by Crippen LogP contribution is -2.44. The van der Waals surface area contributed by atoms with Crippen LogP contribution in [0.5, 0.6) is 0 Å². The summed E-state index contributed by atoms with van der Waals surface area (Å²) in [6.07, 6.45) is 4.28. The summed E-state index contributed by atoms with van der Waals surface area (Å²) >= 11 is 0. The fraction of sp³-hybridized carbons (Fsp3) is 1.00. The van der Waals surface area contributed by atoms with Crippen LogP contribution in [0.1, 0.15) is 67.7 Å². The number of likely N-dealkylation sites (N-methyl/N-ethyl adjacent to an activating group) is 2. The van der Waals surface area contributed by atoms with Crippen LogP contribution in [0, 0.1) is 0 Å². The highest BCUT2D eigenvalue weighted by Gasteiger charge is 2.11. The quantitative estimate of drug-likeness (QED) is 0.756. The Kier molecular flexibility index (Phi) is 18.9. The van der Waals surface area contributed by atoms with Gasteiger partial charge in [0.1, 0.15) is 0 Å². The lowest BCUT2D eigenvalue weighted by Gasteiger charge is -2.31. The Morgan fingerprint density at radius 1 is 0.727 bits per heavy atom. The molecule has 2 fully saturated rings. The molecule has 2 saturated heterocycles. The zero-order chi connectivity index (χ0) is 17.4. The zero-order valence-corrected chi connectivity index (χ0v) is 17.0. The van der Waals surface area contributed by atoms with E-state index in [4.69, 9.17) is 0 Å². The van der Waals surface area contributed by atoms with Gasteiger partial charge >= 0.3 is 0 Å². The predicted molar refractivity (Wildman–Crippen MR) is 103 cm³/mol. The van der Waals surface area contributed by atoms with Gasteiger partial charge in [-0.2, -0.15) is 0 Å².